The number of nitrogens with zero attached hydrogens (tertiary/aromatic N) is 2. The van der Waals surface area contributed by atoms with E-state index in [-0.39, 0.29) is 0 Å². The molecular weight excluding hydrogens is 246 g/mol. The summed E-state index contributed by atoms with van der Waals surface area (Å²) < 4.78 is 0. The van der Waals surface area contributed by atoms with Crippen LogP contribution in [0.25, 0.3) is 0 Å². The van der Waals surface area contributed by atoms with Crippen molar-refractivity contribution in [3.63, 3.8) is 0 Å². The topological polar surface area (TPSA) is 28.2 Å². The first-order valence-corrected chi connectivity index (χ1v) is 8.22. The van der Waals surface area contributed by atoms with E-state index in [2.05, 4.69) is 41.2 Å². The maximum Gasteiger partial charge on any atom is 0.128 e. The zero-order valence-electron chi connectivity index (χ0n) is 12.8. The van der Waals surface area contributed by atoms with E-state index in [1.807, 2.05) is 6.20 Å². The molecule has 0 amide bonds. The highest BCUT2D eigenvalue weighted by molar-refractivity contribution is 5.43. The highest BCUT2D eigenvalue weighted by atomic mass is 15.2. The molecule has 110 valence electrons. The Labute approximate surface area is 122 Å². The number of nitrogens with one attached hydrogen (secondary N) is 1. The molecule has 0 radical (unpaired) electrons. The Bertz CT molecular complexity index is 434. The molecule has 1 aromatic rings. The molecule has 3 rings (SSSR count). The lowest BCUT2D eigenvalue weighted by molar-refractivity contribution is 0.494. The zero-order chi connectivity index (χ0) is 13.9. The largest absolute Gasteiger partial charge is 0.356 e. The highest BCUT2D eigenvalue weighted by Gasteiger charge is 2.36. The van der Waals surface area contributed by atoms with Crippen LogP contribution >= 0.6 is 0 Å². The number of fused-ring (bicyclic) bond motifs is 1. The Hall–Kier alpha value is -1.09. The van der Waals surface area contributed by atoms with Crippen LogP contribution in [0.5, 0.6) is 0 Å². The third-order valence-electron chi connectivity index (χ3n) is 5.02. The number of rotatable bonds is 5. The monoisotopic (exact) mass is 273 g/mol. The van der Waals surface area contributed by atoms with Crippen molar-refractivity contribution >= 4 is 5.82 Å². The van der Waals surface area contributed by atoms with Gasteiger partial charge in [0.15, 0.2) is 0 Å². The summed E-state index contributed by atoms with van der Waals surface area (Å²) in [5, 5.41) is 3.56. The Morgan fingerprint density at radius 1 is 1.35 bits per heavy atom. The van der Waals surface area contributed by atoms with Crippen molar-refractivity contribution in [3.05, 3.63) is 23.9 Å². The second kappa shape index (κ2) is 6.13. The molecule has 0 aromatic carbocycles. The molecule has 3 heteroatoms. The maximum atomic E-state index is 4.61. The first kappa shape index (κ1) is 13.9. The Balaban J connectivity index is 1.68. The summed E-state index contributed by atoms with van der Waals surface area (Å²) >= 11 is 0. The van der Waals surface area contributed by atoms with Crippen LogP contribution in [-0.2, 0) is 0 Å². The molecule has 20 heavy (non-hydrogen) atoms. The summed E-state index contributed by atoms with van der Waals surface area (Å²) in [6.45, 7) is 7.97. The lowest BCUT2D eigenvalue weighted by Gasteiger charge is -2.21. The van der Waals surface area contributed by atoms with Gasteiger partial charge in [0, 0.05) is 25.3 Å². The summed E-state index contributed by atoms with van der Waals surface area (Å²) in [6.07, 6.45) is 7.44. The number of hydrogen-bond donors (Lipinski definition) is 1. The fraction of sp³-hybridized carbons (Fsp3) is 0.706. The van der Waals surface area contributed by atoms with Crippen LogP contribution in [0.4, 0.5) is 5.82 Å². The Morgan fingerprint density at radius 3 is 2.80 bits per heavy atom. The summed E-state index contributed by atoms with van der Waals surface area (Å²) in [6, 6.07) is 4.85. The van der Waals surface area contributed by atoms with Gasteiger partial charge >= 0.3 is 0 Å². The highest BCUT2D eigenvalue weighted by Crippen LogP contribution is 2.39. The standard InChI is InChI=1S/C17H27N3/c1-3-8-18-13(2)14-7-9-19-17(10-14)20-11-15-5-4-6-16(15)12-20/h7,9-10,13,15-16,18H,3-6,8,11-12H2,1-2H3. The van der Waals surface area contributed by atoms with Crippen molar-refractivity contribution in [2.45, 2.75) is 45.6 Å². The van der Waals surface area contributed by atoms with E-state index in [4.69, 9.17) is 0 Å². The lowest BCUT2D eigenvalue weighted by Crippen LogP contribution is -2.23. The molecule has 2 heterocycles. The third-order valence-corrected chi connectivity index (χ3v) is 5.02. The lowest BCUT2D eigenvalue weighted by atomic mass is 10.0. The first-order valence-electron chi connectivity index (χ1n) is 8.22. The van der Waals surface area contributed by atoms with Gasteiger partial charge in [-0.25, -0.2) is 4.98 Å². The average Bonchev–Trinajstić information content (AvgIpc) is 3.06. The minimum atomic E-state index is 0.416. The van der Waals surface area contributed by atoms with Crippen LogP contribution in [0.1, 0.15) is 51.1 Å². The van der Waals surface area contributed by atoms with Gasteiger partial charge in [0.25, 0.3) is 0 Å². The number of pyridine rings is 1. The summed E-state index contributed by atoms with van der Waals surface area (Å²) in [5.74, 6) is 3.04. The van der Waals surface area contributed by atoms with Crippen LogP contribution in [0.3, 0.4) is 0 Å². The van der Waals surface area contributed by atoms with Gasteiger partial charge in [-0.15, -0.1) is 0 Å². The minimum absolute atomic E-state index is 0.416. The molecule has 1 N–H and O–H groups in total. The predicted molar refractivity (Wildman–Crippen MR) is 84.0 cm³/mol. The van der Waals surface area contributed by atoms with Gasteiger partial charge in [-0.1, -0.05) is 13.3 Å². The van der Waals surface area contributed by atoms with E-state index >= 15 is 0 Å². The van der Waals surface area contributed by atoms with Crippen molar-refractivity contribution in [1.29, 1.82) is 0 Å². The molecule has 1 aliphatic carbocycles. The van der Waals surface area contributed by atoms with Gasteiger partial charge in [-0.05, 0) is 62.3 Å². The minimum Gasteiger partial charge on any atom is -0.356 e. The molecule has 3 atom stereocenters. The van der Waals surface area contributed by atoms with Crippen LogP contribution in [0, 0.1) is 11.8 Å². The van der Waals surface area contributed by atoms with Crippen molar-refractivity contribution in [3.8, 4) is 0 Å². The SMILES string of the molecule is CCCNC(C)c1ccnc(N2CC3CCCC3C2)c1. The fourth-order valence-electron chi connectivity index (χ4n) is 3.78. The fourth-order valence-corrected chi connectivity index (χ4v) is 3.78. The number of hydrogen-bond acceptors (Lipinski definition) is 3. The smallest absolute Gasteiger partial charge is 0.128 e. The molecule has 0 bridgehead atoms. The molecule has 2 aliphatic rings. The van der Waals surface area contributed by atoms with Gasteiger partial charge in [-0.3, -0.25) is 0 Å². The second-order valence-corrected chi connectivity index (χ2v) is 6.48. The van der Waals surface area contributed by atoms with Crippen LogP contribution in [0.15, 0.2) is 18.3 Å². The van der Waals surface area contributed by atoms with Gasteiger partial charge in [-0.2, -0.15) is 0 Å². The van der Waals surface area contributed by atoms with Crippen molar-refractivity contribution in [2.75, 3.05) is 24.5 Å². The summed E-state index contributed by atoms with van der Waals surface area (Å²) in [7, 11) is 0. The molecule has 3 nitrogen and oxygen atoms in total. The van der Waals surface area contributed by atoms with Crippen LogP contribution in [-0.4, -0.2) is 24.6 Å². The predicted octanol–water partition coefficient (Wildman–Crippen LogP) is 3.38. The number of aromatic nitrogens is 1. The van der Waals surface area contributed by atoms with Gasteiger partial charge < -0.3 is 10.2 Å². The van der Waals surface area contributed by atoms with E-state index in [0.29, 0.717) is 6.04 Å². The van der Waals surface area contributed by atoms with Crippen molar-refractivity contribution in [1.82, 2.24) is 10.3 Å². The normalized spacial score (nSPS) is 26.8. The van der Waals surface area contributed by atoms with E-state index in [9.17, 15) is 0 Å². The third kappa shape index (κ3) is 2.83. The first-order chi connectivity index (χ1) is 9.78. The molecule has 2 fully saturated rings. The van der Waals surface area contributed by atoms with Crippen LogP contribution < -0.4 is 10.2 Å². The van der Waals surface area contributed by atoms with E-state index in [1.54, 1.807) is 0 Å². The summed E-state index contributed by atoms with van der Waals surface area (Å²) in [5.41, 5.74) is 1.36. The molecule has 3 unspecified atom stereocenters. The quantitative estimate of drug-likeness (QED) is 0.891. The molecule has 1 saturated heterocycles. The van der Waals surface area contributed by atoms with Gasteiger partial charge in [0.05, 0.1) is 0 Å². The zero-order valence-corrected chi connectivity index (χ0v) is 12.8. The number of anilines is 1. The van der Waals surface area contributed by atoms with Crippen molar-refractivity contribution < 1.29 is 0 Å². The van der Waals surface area contributed by atoms with E-state index in [0.717, 1.165) is 18.4 Å². The Kier molecular flexibility index (Phi) is 4.25. The maximum absolute atomic E-state index is 4.61. The Morgan fingerprint density at radius 2 is 2.10 bits per heavy atom. The van der Waals surface area contributed by atoms with E-state index in [1.165, 1.54) is 50.2 Å². The average molecular weight is 273 g/mol. The van der Waals surface area contributed by atoms with Gasteiger partial charge in [0.2, 0.25) is 0 Å². The molecule has 1 saturated carbocycles. The van der Waals surface area contributed by atoms with Crippen LogP contribution in [0.2, 0.25) is 0 Å². The summed E-state index contributed by atoms with van der Waals surface area (Å²) in [4.78, 5) is 7.11. The second-order valence-electron chi connectivity index (χ2n) is 6.48. The van der Waals surface area contributed by atoms with E-state index < -0.39 is 0 Å². The molecule has 0 spiro atoms. The molecular formula is C17H27N3. The molecule has 1 aliphatic heterocycles. The van der Waals surface area contributed by atoms with Gasteiger partial charge in [0.1, 0.15) is 5.82 Å². The molecule has 1 aromatic heterocycles. The van der Waals surface area contributed by atoms with Crippen molar-refractivity contribution in [2.24, 2.45) is 11.8 Å².